The van der Waals surface area contributed by atoms with Gasteiger partial charge in [0.1, 0.15) is 5.82 Å². The quantitative estimate of drug-likeness (QED) is 0.816. The highest BCUT2D eigenvalue weighted by molar-refractivity contribution is 9.10. The standard InChI is InChI=1S/C10H10BrF4N.ClH/c11-8-2-1-6(12)5-7(8)9(16)3-4-10(13,14)15;/h1-2,5,9H,3-4,16H2;1H/t9-;/m1./s1. The molecule has 98 valence electrons. The lowest BCUT2D eigenvalue weighted by Crippen LogP contribution is -2.16. The van der Waals surface area contributed by atoms with E-state index in [1.807, 2.05) is 0 Å². The van der Waals surface area contributed by atoms with Gasteiger partial charge in [0.15, 0.2) is 0 Å². The summed E-state index contributed by atoms with van der Waals surface area (Å²) >= 11 is 3.12. The van der Waals surface area contributed by atoms with Crippen LogP contribution in [0.3, 0.4) is 0 Å². The van der Waals surface area contributed by atoms with Crippen LogP contribution in [0.15, 0.2) is 22.7 Å². The smallest absolute Gasteiger partial charge is 0.324 e. The molecule has 2 N–H and O–H groups in total. The average Bonchev–Trinajstić information content (AvgIpc) is 2.17. The van der Waals surface area contributed by atoms with Gasteiger partial charge in [-0.2, -0.15) is 13.2 Å². The van der Waals surface area contributed by atoms with E-state index in [2.05, 4.69) is 15.9 Å². The first-order valence-electron chi connectivity index (χ1n) is 4.57. The van der Waals surface area contributed by atoms with Crippen LogP contribution < -0.4 is 5.73 Å². The number of halogens is 6. The summed E-state index contributed by atoms with van der Waals surface area (Å²) < 4.78 is 49.3. The second-order valence-corrected chi connectivity index (χ2v) is 4.28. The van der Waals surface area contributed by atoms with Gasteiger partial charge in [0, 0.05) is 16.9 Å². The molecule has 0 radical (unpaired) electrons. The summed E-state index contributed by atoms with van der Waals surface area (Å²) in [5.74, 6) is -0.513. The molecule has 0 fully saturated rings. The Hall–Kier alpha value is -0.330. The normalized spacial score (nSPS) is 13.1. The summed E-state index contributed by atoms with van der Waals surface area (Å²) in [4.78, 5) is 0. The van der Waals surface area contributed by atoms with E-state index >= 15 is 0 Å². The van der Waals surface area contributed by atoms with E-state index in [9.17, 15) is 17.6 Å². The monoisotopic (exact) mass is 335 g/mol. The molecule has 1 atom stereocenters. The first-order valence-corrected chi connectivity index (χ1v) is 5.36. The molecule has 1 nitrogen and oxygen atoms in total. The van der Waals surface area contributed by atoms with Crippen molar-refractivity contribution in [1.82, 2.24) is 0 Å². The molecule has 17 heavy (non-hydrogen) atoms. The van der Waals surface area contributed by atoms with Crippen molar-refractivity contribution in [2.24, 2.45) is 5.73 Å². The maximum absolute atomic E-state index is 12.9. The minimum absolute atomic E-state index is 0. The molecule has 1 rings (SSSR count). The van der Waals surface area contributed by atoms with E-state index in [0.717, 1.165) is 6.07 Å². The van der Waals surface area contributed by atoms with Crippen molar-refractivity contribution in [2.75, 3.05) is 0 Å². The number of hydrogen-bond donors (Lipinski definition) is 1. The molecule has 0 spiro atoms. The molecule has 0 aromatic heterocycles. The number of benzene rings is 1. The summed E-state index contributed by atoms with van der Waals surface area (Å²) in [6.07, 6.45) is -5.47. The van der Waals surface area contributed by atoms with E-state index in [-0.39, 0.29) is 18.8 Å². The zero-order valence-corrected chi connectivity index (χ0v) is 11.0. The topological polar surface area (TPSA) is 26.0 Å². The van der Waals surface area contributed by atoms with Gasteiger partial charge in [-0.1, -0.05) is 15.9 Å². The van der Waals surface area contributed by atoms with Crippen molar-refractivity contribution < 1.29 is 17.6 Å². The highest BCUT2D eigenvalue weighted by atomic mass is 79.9. The summed E-state index contributed by atoms with van der Waals surface area (Å²) in [5.41, 5.74) is 5.93. The zero-order chi connectivity index (χ0) is 12.3. The van der Waals surface area contributed by atoms with Crippen molar-refractivity contribution >= 4 is 28.3 Å². The largest absolute Gasteiger partial charge is 0.389 e. The van der Waals surface area contributed by atoms with Crippen LogP contribution in [0.5, 0.6) is 0 Å². The van der Waals surface area contributed by atoms with Gasteiger partial charge in [-0.25, -0.2) is 4.39 Å². The maximum atomic E-state index is 12.9. The van der Waals surface area contributed by atoms with Gasteiger partial charge in [0.05, 0.1) is 0 Å². The predicted molar refractivity (Wildman–Crippen MR) is 63.6 cm³/mol. The Balaban J connectivity index is 0.00000256. The molecule has 1 aromatic carbocycles. The van der Waals surface area contributed by atoms with Crippen LogP contribution in [0, 0.1) is 5.82 Å². The lowest BCUT2D eigenvalue weighted by molar-refractivity contribution is -0.136. The molecule has 0 heterocycles. The third-order valence-corrected chi connectivity index (χ3v) is 2.82. The first kappa shape index (κ1) is 16.7. The molecule has 7 heteroatoms. The molecule has 0 bridgehead atoms. The number of alkyl halides is 3. The van der Waals surface area contributed by atoms with Crippen molar-refractivity contribution in [2.45, 2.75) is 25.1 Å². The molecule has 0 amide bonds. The second-order valence-electron chi connectivity index (χ2n) is 3.43. The van der Waals surface area contributed by atoms with E-state index in [1.54, 1.807) is 0 Å². The fraction of sp³-hybridized carbons (Fsp3) is 0.400. The number of rotatable bonds is 3. The van der Waals surface area contributed by atoms with Gasteiger partial charge in [-0.15, -0.1) is 12.4 Å². The zero-order valence-electron chi connectivity index (χ0n) is 8.60. The Kier molecular flexibility index (Phi) is 6.43. The molecule has 0 saturated heterocycles. The Bertz CT molecular complexity index is 370. The molecular weight excluding hydrogens is 325 g/mol. The molecule has 0 aliphatic carbocycles. The van der Waals surface area contributed by atoms with Crippen molar-refractivity contribution in [1.29, 1.82) is 0 Å². The highest BCUT2D eigenvalue weighted by Gasteiger charge is 2.28. The molecule has 0 saturated carbocycles. The second kappa shape index (κ2) is 6.56. The Labute approximate surface area is 111 Å². The summed E-state index contributed by atoms with van der Waals surface area (Å²) in [6, 6.07) is 2.96. The molecular formula is C10H11BrClF4N. The number of nitrogens with two attached hydrogens (primary N) is 1. The van der Waals surface area contributed by atoms with E-state index in [1.165, 1.54) is 12.1 Å². The fourth-order valence-electron chi connectivity index (χ4n) is 1.27. The van der Waals surface area contributed by atoms with E-state index in [4.69, 9.17) is 5.73 Å². The van der Waals surface area contributed by atoms with Crippen LogP contribution in [0.2, 0.25) is 0 Å². The van der Waals surface area contributed by atoms with E-state index < -0.39 is 24.5 Å². The van der Waals surface area contributed by atoms with Crippen LogP contribution in [0.4, 0.5) is 17.6 Å². The Morgan fingerprint density at radius 2 is 1.88 bits per heavy atom. The van der Waals surface area contributed by atoms with Crippen molar-refractivity contribution in [3.05, 3.63) is 34.1 Å². The fourth-order valence-corrected chi connectivity index (χ4v) is 1.81. The van der Waals surface area contributed by atoms with Crippen molar-refractivity contribution in [3.8, 4) is 0 Å². The predicted octanol–water partition coefficient (Wildman–Crippen LogP) is 4.35. The lowest BCUT2D eigenvalue weighted by atomic mass is 10.0. The van der Waals surface area contributed by atoms with Gasteiger partial charge < -0.3 is 5.73 Å². The van der Waals surface area contributed by atoms with E-state index in [0.29, 0.717) is 10.0 Å². The summed E-state index contributed by atoms with van der Waals surface area (Å²) in [7, 11) is 0. The molecule has 0 unspecified atom stereocenters. The average molecular weight is 337 g/mol. The third-order valence-electron chi connectivity index (χ3n) is 2.10. The van der Waals surface area contributed by atoms with Crippen LogP contribution >= 0.6 is 28.3 Å². The van der Waals surface area contributed by atoms with Crippen LogP contribution in [-0.4, -0.2) is 6.18 Å². The first-order chi connectivity index (χ1) is 7.29. The van der Waals surface area contributed by atoms with Gasteiger partial charge in [0.2, 0.25) is 0 Å². The Morgan fingerprint density at radius 1 is 1.29 bits per heavy atom. The molecule has 1 aromatic rings. The van der Waals surface area contributed by atoms with Crippen LogP contribution in [0.1, 0.15) is 24.4 Å². The highest BCUT2D eigenvalue weighted by Crippen LogP contribution is 2.30. The van der Waals surface area contributed by atoms with Gasteiger partial charge in [0.25, 0.3) is 0 Å². The SMILES string of the molecule is Cl.N[C@H](CCC(F)(F)F)c1cc(F)ccc1Br. The minimum atomic E-state index is -4.24. The maximum Gasteiger partial charge on any atom is 0.389 e. The third kappa shape index (κ3) is 5.70. The van der Waals surface area contributed by atoms with Gasteiger partial charge in [-0.05, 0) is 30.2 Å². The summed E-state index contributed by atoms with van der Waals surface area (Å²) in [6.45, 7) is 0. The van der Waals surface area contributed by atoms with Crippen molar-refractivity contribution in [3.63, 3.8) is 0 Å². The van der Waals surface area contributed by atoms with Crippen LogP contribution in [0.25, 0.3) is 0 Å². The number of hydrogen-bond acceptors (Lipinski definition) is 1. The summed E-state index contributed by atoms with van der Waals surface area (Å²) in [5, 5.41) is 0. The minimum Gasteiger partial charge on any atom is -0.324 e. The molecule has 0 aliphatic rings. The van der Waals surface area contributed by atoms with Crippen LogP contribution in [-0.2, 0) is 0 Å². The van der Waals surface area contributed by atoms with Gasteiger partial charge in [-0.3, -0.25) is 0 Å². The molecule has 0 aliphatic heterocycles. The Morgan fingerprint density at radius 3 is 2.41 bits per heavy atom. The van der Waals surface area contributed by atoms with Gasteiger partial charge >= 0.3 is 6.18 Å². The lowest BCUT2D eigenvalue weighted by Gasteiger charge is -2.15.